The predicted octanol–water partition coefficient (Wildman–Crippen LogP) is 3.96. The Morgan fingerprint density at radius 1 is 1.12 bits per heavy atom. The molecule has 0 saturated carbocycles. The monoisotopic (exact) mass is 369 g/mol. The number of esters is 1. The molecular formula is C18H15F4NO3. The zero-order chi connectivity index (χ0) is 19.3. The molecular weight excluding hydrogens is 354 g/mol. The van der Waals surface area contributed by atoms with Crippen molar-refractivity contribution in [2.45, 2.75) is 25.6 Å². The van der Waals surface area contributed by atoms with Crippen LogP contribution in [0.1, 0.15) is 18.1 Å². The summed E-state index contributed by atoms with van der Waals surface area (Å²) in [6.45, 7) is 1.32. The summed E-state index contributed by atoms with van der Waals surface area (Å²) in [6.07, 6.45) is -5.85. The maximum Gasteiger partial charge on any atom is 0.416 e. The molecule has 0 bridgehead atoms. The Morgan fingerprint density at radius 2 is 1.77 bits per heavy atom. The molecule has 0 radical (unpaired) electrons. The number of carbonyl (C=O) groups excluding carboxylic acids is 2. The number of benzene rings is 2. The van der Waals surface area contributed by atoms with Crippen molar-refractivity contribution in [3.8, 4) is 0 Å². The number of alkyl halides is 3. The molecule has 1 N–H and O–H groups in total. The number of amides is 1. The van der Waals surface area contributed by atoms with Crippen LogP contribution in [0.4, 0.5) is 23.2 Å². The minimum Gasteiger partial charge on any atom is -0.452 e. The molecule has 4 nitrogen and oxygen atoms in total. The first-order valence-electron chi connectivity index (χ1n) is 7.57. The van der Waals surface area contributed by atoms with Gasteiger partial charge in [-0.3, -0.25) is 9.59 Å². The average Bonchev–Trinajstić information content (AvgIpc) is 2.54. The van der Waals surface area contributed by atoms with Gasteiger partial charge in [-0.05, 0) is 48.9 Å². The van der Waals surface area contributed by atoms with Crippen molar-refractivity contribution in [3.63, 3.8) is 0 Å². The highest BCUT2D eigenvalue weighted by molar-refractivity contribution is 5.95. The number of hydrogen-bond donors (Lipinski definition) is 1. The second kappa shape index (κ2) is 7.99. The van der Waals surface area contributed by atoms with Crippen molar-refractivity contribution >= 4 is 17.6 Å². The number of hydrogen-bond acceptors (Lipinski definition) is 3. The number of nitrogens with one attached hydrogen (secondary N) is 1. The van der Waals surface area contributed by atoms with E-state index >= 15 is 0 Å². The van der Waals surface area contributed by atoms with E-state index in [1.165, 1.54) is 31.2 Å². The molecule has 0 aromatic heterocycles. The number of halogens is 4. The molecule has 138 valence electrons. The van der Waals surface area contributed by atoms with Crippen LogP contribution in [-0.2, 0) is 26.9 Å². The second-order valence-electron chi connectivity index (χ2n) is 5.50. The third-order valence-electron chi connectivity index (χ3n) is 3.39. The Hall–Kier alpha value is -2.90. The fourth-order valence-corrected chi connectivity index (χ4v) is 2.09. The zero-order valence-electron chi connectivity index (χ0n) is 13.6. The van der Waals surface area contributed by atoms with Crippen LogP contribution in [0.5, 0.6) is 0 Å². The van der Waals surface area contributed by atoms with Crippen molar-refractivity contribution in [1.82, 2.24) is 0 Å². The number of anilines is 1. The molecule has 26 heavy (non-hydrogen) atoms. The maximum absolute atomic E-state index is 13.1. The normalized spacial score (nSPS) is 12.3. The predicted molar refractivity (Wildman–Crippen MR) is 85.7 cm³/mol. The van der Waals surface area contributed by atoms with Crippen LogP contribution in [0.2, 0.25) is 0 Å². The summed E-state index contributed by atoms with van der Waals surface area (Å²) >= 11 is 0. The molecule has 1 amide bonds. The van der Waals surface area contributed by atoms with Crippen LogP contribution in [0, 0.1) is 5.82 Å². The summed E-state index contributed by atoms with van der Waals surface area (Å²) in [4.78, 5) is 23.8. The SMILES string of the molecule is C[C@H](OC(=O)Cc1cccc(F)c1)C(=O)Nc1ccc(C(F)(F)F)cc1. The van der Waals surface area contributed by atoms with E-state index < -0.39 is 35.5 Å². The summed E-state index contributed by atoms with van der Waals surface area (Å²) in [5.74, 6) is -1.92. The van der Waals surface area contributed by atoms with Gasteiger partial charge in [0.25, 0.3) is 5.91 Å². The van der Waals surface area contributed by atoms with Crippen molar-refractivity contribution in [2.24, 2.45) is 0 Å². The van der Waals surface area contributed by atoms with E-state index in [4.69, 9.17) is 4.74 Å². The summed E-state index contributed by atoms with van der Waals surface area (Å²) in [5.41, 5.74) is -0.313. The van der Waals surface area contributed by atoms with E-state index in [0.29, 0.717) is 5.56 Å². The minimum absolute atomic E-state index is 0.135. The lowest BCUT2D eigenvalue weighted by Crippen LogP contribution is -2.30. The van der Waals surface area contributed by atoms with Crippen LogP contribution in [0.3, 0.4) is 0 Å². The van der Waals surface area contributed by atoms with Crippen molar-refractivity contribution in [1.29, 1.82) is 0 Å². The first kappa shape index (κ1) is 19.4. The zero-order valence-corrected chi connectivity index (χ0v) is 13.6. The number of rotatable bonds is 5. The average molecular weight is 369 g/mol. The molecule has 1 atom stereocenters. The van der Waals surface area contributed by atoms with Gasteiger partial charge in [0.2, 0.25) is 0 Å². The van der Waals surface area contributed by atoms with Crippen molar-refractivity contribution < 1.29 is 31.9 Å². The van der Waals surface area contributed by atoms with Gasteiger partial charge in [0.1, 0.15) is 5.82 Å². The molecule has 2 aromatic carbocycles. The van der Waals surface area contributed by atoms with Crippen LogP contribution >= 0.6 is 0 Å². The van der Waals surface area contributed by atoms with Gasteiger partial charge < -0.3 is 10.1 Å². The van der Waals surface area contributed by atoms with Crippen LogP contribution in [0.15, 0.2) is 48.5 Å². The summed E-state index contributed by atoms with van der Waals surface area (Å²) in [7, 11) is 0. The summed E-state index contributed by atoms with van der Waals surface area (Å²) in [6, 6.07) is 9.25. The van der Waals surface area contributed by atoms with Crippen LogP contribution < -0.4 is 5.32 Å². The Balaban J connectivity index is 1.89. The highest BCUT2D eigenvalue weighted by Gasteiger charge is 2.30. The Morgan fingerprint density at radius 3 is 2.35 bits per heavy atom. The van der Waals surface area contributed by atoms with Crippen molar-refractivity contribution in [2.75, 3.05) is 5.32 Å². The summed E-state index contributed by atoms with van der Waals surface area (Å²) < 4.78 is 55.5. The highest BCUT2D eigenvalue weighted by atomic mass is 19.4. The molecule has 0 aliphatic rings. The van der Waals surface area contributed by atoms with Crippen LogP contribution in [0.25, 0.3) is 0 Å². The molecule has 0 unspecified atom stereocenters. The fraction of sp³-hybridized carbons (Fsp3) is 0.222. The van der Waals surface area contributed by atoms with Gasteiger partial charge in [0.15, 0.2) is 6.10 Å². The van der Waals surface area contributed by atoms with Crippen molar-refractivity contribution in [3.05, 3.63) is 65.5 Å². The topological polar surface area (TPSA) is 55.4 Å². The lowest BCUT2D eigenvalue weighted by Gasteiger charge is -2.14. The molecule has 0 aliphatic carbocycles. The van der Waals surface area contributed by atoms with E-state index in [2.05, 4.69) is 5.32 Å². The van der Waals surface area contributed by atoms with Gasteiger partial charge in [-0.15, -0.1) is 0 Å². The Kier molecular flexibility index (Phi) is 5.97. The quantitative estimate of drug-likeness (QED) is 0.641. The van der Waals surface area contributed by atoms with Gasteiger partial charge in [0, 0.05) is 5.69 Å². The smallest absolute Gasteiger partial charge is 0.416 e. The highest BCUT2D eigenvalue weighted by Crippen LogP contribution is 2.29. The van der Waals surface area contributed by atoms with Crippen LogP contribution in [-0.4, -0.2) is 18.0 Å². The van der Waals surface area contributed by atoms with E-state index in [1.807, 2.05) is 0 Å². The minimum atomic E-state index is -4.47. The molecule has 0 heterocycles. The molecule has 0 saturated heterocycles. The maximum atomic E-state index is 13.1. The lowest BCUT2D eigenvalue weighted by atomic mass is 10.1. The molecule has 8 heteroatoms. The number of ether oxygens (including phenoxy) is 1. The Bertz CT molecular complexity index is 788. The first-order valence-corrected chi connectivity index (χ1v) is 7.57. The molecule has 0 fully saturated rings. The number of carbonyl (C=O) groups is 2. The third-order valence-corrected chi connectivity index (χ3v) is 3.39. The van der Waals surface area contributed by atoms with E-state index in [0.717, 1.165) is 24.3 Å². The third kappa shape index (κ3) is 5.58. The van der Waals surface area contributed by atoms with E-state index in [-0.39, 0.29) is 12.1 Å². The van der Waals surface area contributed by atoms with Gasteiger partial charge in [-0.1, -0.05) is 12.1 Å². The van der Waals surface area contributed by atoms with Gasteiger partial charge >= 0.3 is 12.1 Å². The molecule has 2 aromatic rings. The summed E-state index contributed by atoms with van der Waals surface area (Å²) in [5, 5.41) is 2.36. The van der Waals surface area contributed by atoms with Gasteiger partial charge in [0.05, 0.1) is 12.0 Å². The van der Waals surface area contributed by atoms with E-state index in [1.54, 1.807) is 0 Å². The molecule has 0 spiro atoms. The first-order chi connectivity index (χ1) is 12.1. The molecule has 2 rings (SSSR count). The second-order valence-corrected chi connectivity index (χ2v) is 5.50. The standard InChI is InChI=1S/C18H15F4NO3/c1-11(26-16(24)10-12-3-2-4-14(19)9-12)17(25)23-15-7-5-13(6-8-15)18(20,21)22/h2-9,11H,10H2,1H3,(H,23,25)/t11-/m0/s1. The van der Waals surface area contributed by atoms with Gasteiger partial charge in [-0.25, -0.2) is 4.39 Å². The van der Waals surface area contributed by atoms with Gasteiger partial charge in [-0.2, -0.15) is 13.2 Å². The lowest BCUT2D eigenvalue weighted by molar-refractivity contribution is -0.152. The largest absolute Gasteiger partial charge is 0.452 e. The molecule has 0 aliphatic heterocycles. The fourth-order valence-electron chi connectivity index (χ4n) is 2.09. The van der Waals surface area contributed by atoms with E-state index in [9.17, 15) is 27.2 Å². The Labute approximate surface area is 146 Å².